The van der Waals surface area contributed by atoms with Gasteiger partial charge in [-0.25, -0.2) is 0 Å². The Labute approximate surface area is 121 Å². The molecule has 0 radical (unpaired) electrons. The molecular formula is C16H24N2O2. The highest BCUT2D eigenvalue weighted by Crippen LogP contribution is 2.30. The maximum atomic E-state index is 10.9. The number of fused-ring (bicyclic) bond motifs is 1. The van der Waals surface area contributed by atoms with Gasteiger partial charge in [0.05, 0.1) is 5.69 Å². The number of aryl methyl sites for hydroxylation is 1. The van der Waals surface area contributed by atoms with Crippen LogP contribution in [0, 0.1) is 6.92 Å². The highest BCUT2D eigenvalue weighted by atomic mass is 16.5. The lowest BCUT2D eigenvalue weighted by Crippen LogP contribution is -2.25. The van der Waals surface area contributed by atoms with Crippen LogP contribution in [0.25, 0.3) is 0 Å². The quantitative estimate of drug-likeness (QED) is 0.716. The monoisotopic (exact) mass is 276 g/mol. The van der Waals surface area contributed by atoms with Crippen LogP contribution in [0.3, 0.4) is 0 Å². The van der Waals surface area contributed by atoms with Crippen molar-refractivity contribution in [1.29, 1.82) is 0 Å². The molecule has 2 aliphatic rings. The molecule has 0 unspecified atom stereocenters. The molecule has 1 amide bonds. The van der Waals surface area contributed by atoms with Crippen molar-refractivity contribution in [2.24, 2.45) is 0 Å². The highest BCUT2D eigenvalue weighted by Gasteiger charge is 2.16. The minimum atomic E-state index is -0.0863. The summed E-state index contributed by atoms with van der Waals surface area (Å²) in [6.45, 7) is 10.6. The number of carbonyl (C=O) groups excluding carboxylic acids is 1. The van der Waals surface area contributed by atoms with Gasteiger partial charge in [-0.2, -0.15) is 0 Å². The highest BCUT2D eigenvalue weighted by molar-refractivity contribution is 5.96. The predicted molar refractivity (Wildman–Crippen MR) is 83.3 cm³/mol. The third-order valence-electron chi connectivity index (χ3n) is 3.06. The molecule has 2 N–H and O–H groups in total. The van der Waals surface area contributed by atoms with E-state index in [2.05, 4.69) is 23.8 Å². The zero-order valence-corrected chi connectivity index (χ0v) is 12.2. The van der Waals surface area contributed by atoms with Gasteiger partial charge in [0.1, 0.15) is 5.75 Å². The summed E-state index contributed by atoms with van der Waals surface area (Å²) in [6.07, 6.45) is 4.22. The molecule has 4 heteroatoms. The molecule has 2 heterocycles. The number of nitrogens with one attached hydrogen (secondary N) is 2. The van der Waals surface area contributed by atoms with Crippen molar-refractivity contribution in [3.63, 3.8) is 0 Å². The Hall–Kier alpha value is -1.81. The van der Waals surface area contributed by atoms with Gasteiger partial charge >= 0.3 is 0 Å². The van der Waals surface area contributed by atoms with Crippen molar-refractivity contribution in [3.05, 3.63) is 36.9 Å². The molecule has 3 rings (SSSR count). The van der Waals surface area contributed by atoms with Gasteiger partial charge in [-0.3, -0.25) is 4.79 Å². The minimum Gasteiger partial charge on any atom is -0.482 e. The first-order valence-corrected chi connectivity index (χ1v) is 7.00. The van der Waals surface area contributed by atoms with Gasteiger partial charge in [0.2, 0.25) is 0 Å². The number of ether oxygens (including phenoxy) is 1. The average molecular weight is 276 g/mol. The molecule has 110 valence electrons. The number of piperidine rings is 1. The van der Waals surface area contributed by atoms with Gasteiger partial charge in [-0.05, 0) is 44.5 Å². The minimum absolute atomic E-state index is 0.0863. The second-order valence-corrected chi connectivity index (χ2v) is 4.60. The maximum absolute atomic E-state index is 10.9. The van der Waals surface area contributed by atoms with Crippen LogP contribution >= 0.6 is 0 Å². The van der Waals surface area contributed by atoms with Gasteiger partial charge in [-0.1, -0.05) is 18.6 Å². The number of anilines is 1. The van der Waals surface area contributed by atoms with Crippen LogP contribution in [-0.4, -0.2) is 25.6 Å². The summed E-state index contributed by atoms with van der Waals surface area (Å²) >= 11 is 0. The Morgan fingerprint density at radius 2 is 1.85 bits per heavy atom. The van der Waals surface area contributed by atoms with E-state index in [1.165, 1.54) is 32.4 Å². The summed E-state index contributed by atoms with van der Waals surface area (Å²) in [5.74, 6) is 0.673. The van der Waals surface area contributed by atoms with Gasteiger partial charge in [0, 0.05) is 0 Å². The molecule has 20 heavy (non-hydrogen) atoms. The van der Waals surface area contributed by atoms with E-state index in [1.807, 2.05) is 25.1 Å². The third kappa shape index (κ3) is 5.05. The van der Waals surface area contributed by atoms with E-state index >= 15 is 0 Å². The van der Waals surface area contributed by atoms with Crippen LogP contribution < -0.4 is 15.4 Å². The van der Waals surface area contributed by atoms with Crippen molar-refractivity contribution in [3.8, 4) is 5.75 Å². The SMILES string of the molecule is C1CCNCC1.C=C.Cc1cccc2c1NC(=O)CO2. The zero-order valence-electron chi connectivity index (χ0n) is 12.2. The summed E-state index contributed by atoms with van der Waals surface area (Å²) in [6, 6.07) is 5.70. The van der Waals surface area contributed by atoms with E-state index in [0.717, 1.165) is 17.0 Å². The summed E-state index contributed by atoms with van der Waals surface area (Å²) < 4.78 is 5.20. The van der Waals surface area contributed by atoms with Crippen molar-refractivity contribution in [2.45, 2.75) is 26.2 Å². The number of hydrogen-bond donors (Lipinski definition) is 2. The molecule has 2 aliphatic heterocycles. The summed E-state index contributed by atoms with van der Waals surface area (Å²) in [5.41, 5.74) is 1.83. The van der Waals surface area contributed by atoms with Crippen LogP contribution in [0.2, 0.25) is 0 Å². The number of benzene rings is 1. The standard InChI is InChI=1S/C9H9NO2.C5H11N.C2H4/c1-6-3-2-4-7-9(6)10-8(11)5-12-7;1-2-4-6-5-3-1;1-2/h2-4H,5H2,1H3,(H,10,11);6H,1-5H2;1-2H2. The Balaban J connectivity index is 0.000000211. The van der Waals surface area contributed by atoms with Crippen molar-refractivity contribution in [2.75, 3.05) is 25.0 Å². The number of rotatable bonds is 0. The number of amides is 1. The molecule has 1 fully saturated rings. The van der Waals surface area contributed by atoms with Crippen LogP contribution in [0.1, 0.15) is 24.8 Å². The lowest BCUT2D eigenvalue weighted by molar-refractivity contribution is -0.118. The smallest absolute Gasteiger partial charge is 0.262 e. The zero-order chi connectivity index (χ0) is 14.8. The summed E-state index contributed by atoms with van der Waals surface area (Å²) in [4.78, 5) is 10.9. The molecular weight excluding hydrogens is 252 g/mol. The first kappa shape index (κ1) is 16.2. The van der Waals surface area contributed by atoms with E-state index in [-0.39, 0.29) is 12.5 Å². The van der Waals surface area contributed by atoms with Crippen LogP contribution in [0.15, 0.2) is 31.4 Å². The summed E-state index contributed by atoms with van der Waals surface area (Å²) in [5, 5.41) is 6.05. The molecule has 1 aromatic carbocycles. The first-order valence-electron chi connectivity index (χ1n) is 7.00. The largest absolute Gasteiger partial charge is 0.482 e. The lowest BCUT2D eigenvalue weighted by Gasteiger charge is -2.19. The average Bonchev–Trinajstić information content (AvgIpc) is 2.53. The van der Waals surface area contributed by atoms with Crippen molar-refractivity contribution < 1.29 is 9.53 Å². The number of para-hydroxylation sites is 1. The van der Waals surface area contributed by atoms with E-state index in [0.29, 0.717) is 0 Å². The van der Waals surface area contributed by atoms with E-state index in [1.54, 1.807) is 0 Å². The molecule has 0 saturated carbocycles. The molecule has 0 aromatic heterocycles. The number of carbonyl (C=O) groups is 1. The molecule has 0 atom stereocenters. The fraction of sp³-hybridized carbons (Fsp3) is 0.438. The molecule has 4 nitrogen and oxygen atoms in total. The summed E-state index contributed by atoms with van der Waals surface area (Å²) in [7, 11) is 0. The van der Waals surface area contributed by atoms with Crippen LogP contribution in [-0.2, 0) is 4.79 Å². The van der Waals surface area contributed by atoms with E-state index in [9.17, 15) is 4.79 Å². The molecule has 1 aromatic rings. The third-order valence-corrected chi connectivity index (χ3v) is 3.06. The maximum Gasteiger partial charge on any atom is 0.262 e. The van der Waals surface area contributed by atoms with Gasteiger partial charge in [-0.15, -0.1) is 13.2 Å². The fourth-order valence-corrected chi connectivity index (χ4v) is 2.04. The van der Waals surface area contributed by atoms with Crippen molar-refractivity contribution in [1.82, 2.24) is 5.32 Å². The van der Waals surface area contributed by atoms with Gasteiger partial charge < -0.3 is 15.4 Å². The first-order chi connectivity index (χ1) is 9.77. The lowest BCUT2D eigenvalue weighted by atomic mass is 10.1. The van der Waals surface area contributed by atoms with Gasteiger partial charge in [0.15, 0.2) is 6.61 Å². The molecule has 0 bridgehead atoms. The predicted octanol–water partition coefficient (Wildman–Crippen LogP) is 2.89. The van der Waals surface area contributed by atoms with Crippen molar-refractivity contribution >= 4 is 11.6 Å². The Kier molecular flexibility index (Phi) is 7.43. The second kappa shape index (κ2) is 9.15. The normalized spacial score (nSPS) is 16.1. The fourth-order valence-electron chi connectivity index (χ4n) is 2.04. The molecule has 0 aliphatic carbocycles. The molecule has 0 spiro atoms. The van der Waals surface area contributed by atoms with Crippen LogP contribution in [0.4, 0.5) is 5.69 Å². The van der Waals surface area contributed by atoms with Gasteiger partial charge in [0.25, 0.3) is 5.91 Å². The number of hydrogen-bond acceptors (Lipinski definition) is 3. The second-order valence-electron chi connectivity index (χ2n) is 4.60. The van der Waals surface area contributed by atoms with E-state index in [4.69, 9.17) is 4.74 Å². The Morgan fingerprint density at radius 1 is 1.15 bits per heavy atom. The van der Waals surface area contributed by atoms with E-state index < -0.39 is 0 Å². The topological polar surface area (TPSA) is 50.4 Å². The Bertz CT molecular complexity index is 417. The molecule has 1 saturated heterocycles. The van der Waals surface area contributed by atoms with Crippen LogP contribution in [0.5, 0.6) is 5.75 Å². The Morgan fingerprint density at radius 3 is 2.40 bits per heavy atom.